The van der Waals surface area contributed by atoms with E-state index < -0.39 is 12.0 Å². The molecular weight excluding hydrogens is 118 g/mol. The number of halogens is 2. The van der Waals surface area contributed by atoms with Gasteiger partial charge in [-0.15, -0.1) is 0 Å². The van der Waals surface area contributed by atoms with Gasteiger partial charge in [0.2, 0.25) is 0 Å². The molecule has 0 heterocycles. The maximum Gasteiger partial charge on any atom is 0.336 e. The Kier molecular flexibility index (Phi) is 2.51. The van der Waals surface area contributed by atoms with E-state index >= 15 is 0 Å². The second-order valence-electron chi connectivity index (χ2n) is 0.887. The lowest BCUT2D eigenvalue weighted by molar-refractivity contribution is -0.131. The molecule has 0 fully saturated rings. The molecule has 2 nitrogen and oxygen atoms in total. The van der Waals surface area contributed by atoms with Crippen LogP contribution in [0.4, 0.5) is 8.78 Å². The lowest BCUT2D eigenvalue weighted by atomic mass is 10.6. The van der Waals surface area contributed by atoms with Crippen LogP contribution in [0.3, 0.4) is 0 Å². The second kappa shape index (κ2) is 2.93. The monoisotopic (exact) mass is 120 g/mol. The standard InChI is InChI=1S/C4H2F2O2/c5-3(6)1-2-4(7)8/h2H,(H,7,8). The zero-order chi connectivity index (χ0) is 6.57. The molecule has 0 rings (SSSR count). The van der Waals surface area contributed by atoms with E-state index in [4.69, 9.17) is 5.11 Å². The van der Waals surface area contributed by atoms with Crippen molar-refractivity contribution >= 4 is 5.97 Å². The summed E-state index contributed by atoms with van der Waals surface area (Å²) >= 11 is 0. The molecule has 0 amide bonds. The lowest BCUT2D eigenvalue weighted by Crippen LogP contribution is -1.83. The third-order valence-electron chi connectivity index (χ3n) is 0.305. The number of hydrogen-bond donors (Lipinski definition) is 1. The topological polar surface area (TPSA) is 37.3 Å². The van der Waals surface area contributed by atoms with Gasteiger partial charge in [0, 0.05) is 0 Å². The van der Waals surface area contributed by atoms with Crippen LogP contribution in [0, 0.1) is 0 Å². The highest BCUT2D eigenvalue weighted by Gasteiger charge is 1.84. The summed E-state index contributed by atoms with van der Waals surface area (Å²) in [5, 5.41) is 7.70. The maximum atomic E-state index is 10.9. The number of carboxylic acid groups (broad SMARTS) is 1. The van der Waals surface area contributed by atoms with Gasteiger partial charge in [-0.05, 0) is 5.73 Å². The smallest absolute Gasteiger partial charge is 0.336 e. The zero-order valence-corrected chi connectivity index (χ0v) is 3.69. The van der Waals surface area contributed by atoms with Gasteiger partial charge in [0.25, 0.3) is 0 Å². The van der Waals surface area contributed by atoms with Crippen LogP contribution < -0.4 is 0 Å². The van der Waals surface area contributed by atoms with E-state index in [9.17, 15) is 13.6 Å². The Morgan fingerprint density at radius 2 is 2.12 bits per heavy atom. The van der Waals surface area contributed by atoms with Crippen LogP contribution in [0.25, 0.3) is 0 Å². The average Bonchev–Trinajstić information content (AvgIpc) is 1.61. The molecule has 0 unspecified atom stereocenters. The lowest BCUT2D eigenvalue weighted by Gasteiger charge is -1.68. The Hall–Kier alpha value is -1.15. The van der Waals surface area contributed by atoms with Crippen LogP contribution in [0.2, 0.25) is 0 Å². The van der Waals surface area contributed by atoms with E-state index in [2.05, 4.69) is 0 Å². The Morgan fingerprint density at radius 3 is 2.25 bits per heavy atom. The van der Waals surface area contributed by atoms with Crippen molar-refractivity contribution in [3.63, 3.8) is 0 Å². The summed E-state index contributed by atoms with van der Waals surface area (Å²) in [4.78, 5) is 9.44. The average molecular weight is 120 g/mol. The third-order valence-corrected chi connectivity index (χ3v) is 0.305. The van der Waals surface area contributed by atoms with Crippen LogP contribution in [-0.2, 0) is 4.79 Å². The summed E-state index contributed by atoms with van der Waals surface area (Å²) in [6.45, 7) is 0. The highest BCUT2D eigenvalue weighted by molar-refractivity contribution is 5.79. The van der Waals surface area contributed by atoms with Crippen molar-refractivity contribution in [1.29, 1.82) is 0 Å². The zero-order valence-electron chi connectivity index (χ0n) is 3.69. The number of rotatable bonds is 1. The fourth-order valence-electron chi connectivity index (χ4n) is 0.116. The van der Waals surface area contributed by atoms with Gasteiger partial charge in [-0.1, -0.05) is 0 Å². The van der Waals surface area contributed by atoms with E-state index in [1.807, 2.05) is 0 Å². The SMILES string of the molecule is O=C(O)C=C=C(F)F. The van der Waals surface area contributed by atoms with E-state index in [0.29, 0.717) is 0 Å². The van der Waals surface area contributed by atoms with Crippen LogP contribution in [-0.4, -0.2) is 11.1 Å². The van der Waals surface area contributed by atoms with Crippen molar-refractivity contribution in [1.82, 2.24) is 0 Å². The van der Waals surface area contributed by atoms with Gasteiger partial charge in [0.05, 0.1) is 6.08 Å². The first-order valence-electron chi connectivity index (χ1n) is 1.63. The van der Waals surface area contributed by atoms with E-state index in [0.717, 1.165) is 0 Å². The minimum atomic E-state index is -2.13. The Labute approximate surface area is 43.7 Å². The predicted molar refractivity (Wildman–Crippen MR) is 21.4 cm³/mol. The van der Waals surface area contributed by atoms with E-state index in [-0.39, 0.29) is 6.08 Å². The molecule has 0 saturated heterocycles. The molecule has 0 aliphatic rings. The summed E-state index contributed by atoms with van der Waals surface area (Å²) in [6.07, 6.45) is -1.89. The number of aliphatic carboxylic acids is 1. The molecule has 0 saturated carbocycles. The van der Waals surface area contributed by atoms with Crippen molar-refractivity contribution in [3.05, 3.63) is 17.9 Å². The summed E-state index contributed by atoms with van der Waals surface area (Å²) in [5.41, 5.74) is 1.20. The second-order valence-corrected chi connectivity index (χ2v) is 0.887. The van der Waals surface area contributed by atoms with Gasteiger partial charge in [0.1, 0.15) is 0 Å². The van der Waals surface area contributed by atoms with Crippen molar-refractivity contribution in [2.45, 2.75) is 0 Å². The molecule has 44 valence electrons. The summed E-state index contributed by atoms with van der Waals surface area (Å²) < 4.78 is 21.8. The Morgan fingerprint density at radius 1 is 1.62 bits per heavy atom. The first-order valence-corrected chi connectivity index (χ1v) is 1.63. The number of carboxylic acids is 1. The Bertz CT molecular complexity index is 151. The largest absolute Gasteiger partial charge is 0.478 e. The molecule has 0 atom stereocenters. The quantitative estimate of drug-likeness (QED) is 0.414. The molecule has 0 aromatic carbocycles. The molecule has 0 aliphatic carbocycles. The Balaban J connectivity index is 4.03. The number of hydrogen-bond acceptors (Lipinski definition) is 1. The van der Waals surface area contributed by atoms with Gasteiger partial charge in [-0.2, -0.15) is 8.78 Å². The highest BCUT2D eigenvalue weighted by Crippen LogP contribution is 1.90. The van der Waals surface area contributed by atoms with Crippen LogP contribution in [0.1, 0.15) is 0 Å². The highest BCUT2D eigenvalue weighted by atomic mass is 19.3. The molecule has 0 spiro atoms. The van der Waals surface area contributed by atoms with Gasteiger partial charge in [0.15, 0.2) is 0 Å². The van der Waals surface area contributed by atoms with Crippen molar-refractivity contribution in [2.24, 2.45) is 0 Å². The first kappa shape index (κ1) is 6.85. The fourth-order valence-corrected chi connectivity index (χ4v) is 0.116. The van der Waals surface area contributed by atoms with Gasteiger partial charge in [-0.3, -0.25) is 0 Å². The molecular formula is C4H2F2O2. The summed E-state index contributed by atoms with van der Waals surface area (Å²) in [5.74, 6) is -1.43. The minimum absolute atomic E-state index is 0.245. The molecule has 0 aromatic heterocycles. The molecule has 0 aromatic rings. The van der Waals surface area contributed by atoms with E-state index in [1.54, 1.807) is 0 Å². The van der Waals surface area contributed by atoms with Gasteiger partial charge < -0.3 is 5.11 Å². The fraction of sp³-hybridized carbons (Fsp3) is 0. The summed E-state index contributed by atoms with van der Waals surface area (Å²) in [7, 11) is 0. The molecule has 8 heavy (non-hydrogen) atoms. The van der Waals surface area contributed by atoms with Crippen molar-refractivity contribution in [3.8, 4) is 0 Å². The van der Waals surface area contributed by atoms with Crippen molar-refractivity contribution in [2.75, 3.05) is 0 Å². The molecule has 0 radical (unpaired) electrons. The maximum absolute atomic E-state index is 10.9. The van der Waals surface area contributed by atoms with Gasteiger partial charge >= 0.3 is 12.0 Å². The molecule has 0 aliphatic heterocycles. The molecule has 0 bridgehead atoms. The molecule has 4 heteroatoms. The van der Waals surface area contributed by atoms with Crippen LogP contribution >= 0.6 is 0 Å². The van der Waals surface area contributed by atoms with Crippen LogP contribution in [0.15, 0.2) is 17.9 Å². The summed E-state index contributed by atoms with van der Waals surface area (Å²) in [6, 6.07) is 0. The van der Waals surface area contributed by atoms with Crippen LogP contribution in [0.5, 0.6) is 0 Å². The third kappa shape index (κ3) is 4.85. The first-order chi connectivity index (χ1) is 3.63. The minimum Gasteiger partial charge on any atom is -0.478 e. The van der Waals surface area contributed by atoms with E-state index in [1.165, 1.54) is 5.73 Å². The molecule has 1 N–H and O–H groups in total. The number of carbonyl (C=O) groups is 1. The predicted octanol–water partition coefficient (Wildman–Crippen LogP) is 1.01. The van der Waals surface area contributed by atoms with Crippen molar-refractivity contribution < 1.29 is 18.7 Å². The normalized spacial score (nSPS) is 7.25. The van der Waals surface area contributed by atoms with Gasteiger partial charge in [-0.25, -0.2) is 4.79 Å².